The van der Waals surface area contributed by atoms with Gasteiger partial charge in [0, 0.05) is 23.2 Å². The number of fused-ring (bicyclic) bond motifs is 2. The van der Waals surface area contributed by atoms with Crippen molar-refractivity contribution in [2.24, 2.45) is 0 Å². The van der Waals surface area contributed by atoms with E-state index in [-0.39, 0.29) is 0 Å². The van der Waals surface area contributed by atoms with E-state index in [1.54, 1.807) is 0 Å². The zero-order valence-electron chi connectivity index (χ0n) is 14.9. The third-order valence-corrected chi connectivity index (χ3v) is 3.52. The highest BCUT2D eigenvalue weighted by Gasteiger charge is 1.91. The molecule has 7 heteroatoms. The fraction of sp³-hybridized carbons (Fsp3) is 0.100. The van der Waals surface area contributed by atoms with Crippen LogP contribution in [0.25, 0.3) is 21.8 Å². The Morgan fingerprint density at radius 3 is 1.44 bits per heavy atom. The molecule has 2 N–H and O–H groups in total. The van der Waals surface area contributed by atoms with Crippen LogP contribution in [0.3, 0.4) is 0 Å². The Balaban J connectivity index is 0.000000157. The highest BCUT2D eigenvalue weighted by Crippen LogP contribution is 2.12. The molecule has 27 heavy (non-hydrogen) atoms. The predicted octanol–water partition coefficient (Wildman–Crippen LogP) is 4.43. The van der Waals surface area contributed by atoms with Gasteiger partial charge in [0.15, 0.2) is 0 Å². The summed E-state index contributed by atoms with van der Waals surface area (Å²) in [7, 11) is -4.67. The average Bonchev–Trinajstić information content (AvgIpc) is 2.60. The second-order valence-corrected chi connectivity index (χ2v) is 6.74. The molecule has 0 aliphatic heterocycles. The summed E-state index contributed by atoms with van der Waals surface area (Å²) in [5.41, 5.74) is 4.70. The summed E-state index contributed by atoms with van der Waals surface area (Å²) in [5.74, 6) is 0. The zero-order valence-corrected chi connectivity index (χ0v) is 15.8. The SMILES string of the molecule is Cc1ccc2ncccc2c1.Cc1ccc2ncccc2c1.O=S(=O)(O)O. The first-order chi connectivity index (χ1) is 12.7. The minimum atomic E-state index is -4.67. The lowest BCUT2D eigenvalue weighted by Gasteiger charge is -1.95. The average molecular weight is 384 g/mol. The van der Waals surface area contributed by atoms with E-state index in [2.05, 4.69) is 60.2 Å². The van der Waals surface area contributed by atoms with Gasteiger partial charge in [-0.3, -0.25) is 19.1 Å². The van der Waals surface area contributed by atoms with E-state index in [1.165, 1.54) is 21.9 Å². The van der Waals surface area contributed by atoms with Gasteiger partial charge >= 0.3 is 10.4 Å². The maximum Gasteiger partial charge on any atom is 0.394 e. The molecule has 0 fully saturated rings. The van der Waals surface area contributed by atoms with Crippen molar-refractivity contribution in [3.63, 3.8) is 0 Å². The molecule has 0 saturated heterocycles. The van der Waals surface area contributed by atoms with Crippen LogP contribution < -0.4 is 0 Å². The Morgan fingerprint density at radius 2 is 1.07 bits per heavy atom. The van der Waals surface area contributed by atoms with Crippen LogP contribution >= 0.6 is 0 Å². The van der Waals surface area contributed by atoms with E-state index >= 15 is 0 Å². The van der Waals surface area contributed by atoms with E-state index in [9.17, 15) is 0 Å². The topological polar surface area (TPSA) is 100 Å². The van der Waals surface area contributed by atoms with Crippen LogP contribution in [0.15, 0.2) is 73.1 Å². The number of aromatic nitrogens is 2. The van der Waals surface area contributed by atoms with Crippen molar-refractivity contribution in [1.82, 2.24) is 9.97 Å². The van der Waals surface area contributed by atoms with E-state index in [4.69, 9.17) is 17.5 Å². The Bertz CT molecular complexity index is 1060. The molecule has 6 nitrogen and oxygen atoms in total. The molecule has 0 aliphatic carbocycles. The Morgan fingerprint density at radius 1 is 0.704 bits per heavy atom. The first kappa shape index (κ1) is 20.4. The number of hydrogen-bond acceptors (Lipinski definition) is 4. The highest BCUT2D eigenvalue weighted by atomic mass is 32.3. The maximum absolute atomic E-state index is 8.74. The van der Waals surface area contributed by atoms with Gasteiger partial charge in [-0.1, -0.05) is 35.4 Å². The molecule has 0 atom stereocenters. The summed E-state index contributed by atoms with van der Waals surface area (Å²) in [6, 6.07) is 20.6. The number of aryl methyl sites for hydroxylation is 2. The minimum absolute atomic E-state index is 1.07. The van der Waals surface area contributed by atoms with Crippen molar-refractivity contribution in [3.05, 3.63) is 84.2 Å². The van der Waals surface area contributed by atoms with Gasteiger partial charge in [0.25, 0.3) is 0 Å². The number of nitrogens with zero attached hydrogens (tertiary/aromatic N) is 2. The van der Waals surface area contributed by atoms with Crippen LogP contribution in [0.5, 0.6) is 0 Å². The van der Waals surface area contributed by atoms with Crippen LogP contribution in [0, 0.1) is 13.8 Å². The molecular formula is C20H20N2O4S. The van der Waals surface area contributed by atoms with Crippen molar-refractivity contribution in [2.75, 3.05) is 0 Å². The summed E-state index contributed by atoms with van der Waals surface area (Å²) >= 11 is 0. The molecule has 0 bridgehead atoms. The quantitative estimate of drug-likeness (QED) is 0.435. The normalized spacial score (nSPS) is 10.5. The Labute approximate surface area is 158 Å². The highest BCUT2D eigenvalue weighted by molar-refractivity contribution is 7.79. The van der Waals surface area contributed by atoms with Gasteiger partial charge in [-0.05, 0) is 50.2 Å². The van der Waals surface area contributed by atoms with E-state index in [0.29, 0.717) is 0 Å². The molecule has 0 saturated carbocycles. The van der Waals surface area contributed by atoms with Crippen LogP contribution in [0.4, 0.5) is 0 Å². The third kappa shape index (κ3) is 7.49. The van der Waals surface area contributed by atoms with Crippen LogP contribution in [0.1, 0.15) is 11.1 Å². The molecule has 4 aromatic rings. The first-order valence-electron chi connectivity index (χ1n) is 8.05. The molecule has 0 unspecified atom stereocenters. The van der Waals surface area contributed by atoms with Crippen molar-refractivity contribution in [2.45, 2.75) is 13.8 Å². The lowest BCUT2D eigenvalue weighted by atomic mass is 10.1. The van der Waals surface area contributed by atoms with Crippen molar-refractivity contribution in [1.29, 1.82) is 0 Å². The van der Waals surface area contributed by atoms with Gasteiger partial charge in [-0.25, -0.2) is 0 Å². The minimum Gasteiger partial charge on any atom is -0.264 e. The van der Waals surface area contributed by atoms with Gasteiger partial charge in [-0.15, -0.1) is 0 Å². The van der Waals surface area contributed by atoms with Crippen LogP contribution in [0.2, 0.25) is 0 Å². The standard InChI is InChI=1S/2C10H9N.H2O4S/c2*1-8-4-5-10-9(7-8)3-2-6-11-10;1-5(2,3)4/h2*2-7H,1H3;(H2,1,2,3,4). The fourth-order valence-corrected chi connectivity index (χ4v) is 2.39. The first-order valence-corrected chi connectivity index (χ1v) is 9.45. The number of rotatable bonds is 0. The summed E-state index contributed by atoms with van der Waals surface area (Å²) in [4.78, 5) is 8.44. The maximum atomic E-state index is 8.74. The van der Waals surface area contributed by atoms with Gasteiger partial charge in [0.1, 0.15) is 0 Å². The third-order valence-electron chi connectivity index (χ3n) is 3.52. The molecule has 0 aliphatic rings. The smallest absolute Gasteiger partial charge is 0.264 e. The van der Waals surface area contributed by atoms with Crippen molar-refractivity contribution in [3.8, 4) is 0 Å². The Hall–Kier alpha value is -2.87. The lowest BCUT2D eigenvalue weighted by Crippen LogP contribution is -1.89. The van der Waals surface area contributed by atoms with E-state index in [0.717, 1.165) is 11.0 Å². The lowest BCUT2D eigenvalue weighted by molar-refractivity contribution is 0.381. The summed E-state index contributed by atoms with van der Waals surface area (Å²) in [5, 5.41) is 2.43. The zero-order chi connectivity index (χ0) is 19.9. The molecule has 140 valence electrons. The second-order valence-electron chi connectivity index (χ2n) is 5.85. The predicted molar refractivity (Wildman–Crippen MR) is 107 cm³/mol. The van der Waals surface area contributed by atoms with Crippen LogP contribution in [-0.2, 0) is 10.4 Å². The molecule has 4 rings (SSSR count). The van der Waals surface area contributed by atoms with E-state index < -0.39 is 10.4 Å². The fourth-order valence-electron chi connectivity index (χ4n) is 2.39. The van der Waals surface area contributed by atoms with Gasteiger partial charge in [0.2, 0.25) is 0 Å². The molecule has 2 aromatic heterocycles. The second kappa shape index (κ2) is 9.18. The molecule has 2 aromatic carbocycles. The van der Waals surface area contributed by atoms with Gasteiger partial charge < -0.3 is 0 Å². The number of benzene rings is 2. The van der Waals surface area contributed by atoms with Gasteiger partial charge in [0.05, 0.1) is 11.0 Å². The largest absolute Gasteiger partial charge is 0.394 e. The van der Waals surface area contributed by atoms with Crippen molar-refractivity contribution < 1.29 is 17.5 Å². The summed E-state index contributed by atoms with van der Waals surface area (Å²) in [6.07, 6.45) is 3.63. The van der Waals surface area contributed by atoms with Crippen molar-refractivity contribution >= 4 is 32.2 Å². The molecular weight excluding hydrogens is 364 g/mol. The molecule has 0 spiro atoms. The Kier molecular flexibility index (Phi) is 6.95. The van der Waals surface area contributed by atoms with Crippen LogP contribution in [-0.4, -0.2) is 27.5 Å². The van der Waals surface area contributed by atoms with E-state index in [1.807, 2.05) is 36.7 Å². The number of pyridine rings is 2. The molecule has 2 heterocycles. The summed E-state index contributed by atoms with van der Waals surface area (Å²) < 4.78 is 31.6. The monoisotopic (exact) mass is 384 g/mol. The summed E-state index contributed by atoms with van der Waals surface area (Å²) in [6.45, 7) is 4.18. The molecule has 0 amide bonds. The number of hydrogen-bond donors (Lipinski definition) is 2. The van der Waals surface area contributed by atoms with Gasteiger partial charge in [-0.2, -0.15) is 8.42 Å². The molecule has 0 radical (unpaired) electrons.